The molecular weight excluding hydrogens is 361 g/mol. The highest BCUT2D eigenvalue weighted by molar-refractivity contribution is 14.1. The zero-order chi connectivity index (χ0) is 14.0. The normalized spacial score (nSPS) is 23.4. The number of ether oxygens (including phenoxy) is 1. The molecule has 1 saturated heterocycles. The van der Waals surface area contributed by atoms with Crippen molar-refractivity contribution in [2.75, 3.05) is 19.8 Å². The molecule has 1 aromatic rings. The largest absolute Gasteiger partial charge is 0.507 e. The molecule has 0 spiro atoms. The Labute approximate surface area is 125 Å². The molecule has 6 heteroatoms. The van der Waals surface area contributed by atoms with E-state index < -0.39 is 0 Å². The first-order valence-corrected chi connectivity index (χ1v) is 7.12. The summed E-state index contributed by atoms with van der Waals surface area (Å²) in [7, 11) is 0. The number of nitrogens with zero attached hydrogens (tertiary/aromatic N) is 1. The summed E-state index contributed by atoms with van der Waals surface area (Å²) >= 11 is 2.00. The molecule has 1 aliphatic rings. The van der Waals surface area contributed by atoms with Crippen molar-refractivity contribution in [3.63, 3.8) is 0 Å². The summed E-state index contributed by atoms with van der Waals surface area (Å²) in [6.07, 6.45) is -0.336. The van der Waals surface area contributed by atoms with Crippen LogP contribution in [-0.4, -0.2) is 52.9 Å². The molecule has 1 heterocycles. The van der Waals surface area contributed by atoms with Crippen LogP contribution in [-0.2, 0) is 4.74 Å². The molecule has 5 nitrogen and oxygen atoms in total. The Morgan fingerprint density at radius 1 is 1.58 bits per heavy atom. The van der Waals surface area contributed by atoms with E-state index in [1.807, 2.05) is 29.5 Å². The van der Waals surface area contributed by atoms with E-state index in [1.165, 1.54) is 6.07 Å². The minimum atomic E-state index is -0.336. The van der Waals surface area contributed by atoms with Crippen molar-refractivity contribution in [3.05, 3.63) is 27.3 Å². The topological polar surface area (TPSA) is 70.0 Å². The van der Waals surface area contributed by atoms with Crippen LogP contribution in [0, 0.1) is 3.57 Å². The van der Waals surface area contributed by atoms with E-state index in [0.717, 1.165) is 0 Å². The molecule has 2 atom stereocenters. The molecule has 0 aliphatic carbocycles. The average molecular weight is 377 g/mol. The fourth-order valence-electron chi connectivity index (χ4n) is 2.02. The molecule has 2 N–H and O–H groups in total. The van der Waals surface area contributed by atoms with Gasteiger partial charge in [-0.3, -0.25) is 4.79 Å². The van der Waals surface area contributed by atoms with Gasteiger partial charge in [-0.15, -0.1) is 0 Å². The summed E-state index contributed by atoms with van der Waals surface area (Å²) in [6.45, 7) is 2.57. The van der Waals surface area contributed by atoms with Crippen molar-refractivity contribution in [2.24, 2.45) is 0 Å². The molecule has 0 radical (unpaired) electrons. The highest BCUT2D eigenvalue weighted by Crippen LogP contribution is 2.23. The number of hydrogen-bond donors (Lipinski definition) is 2. The zero-order valence-corrected chi connectivity index (χ0v) is 12.7. The van der Waals surface area contributed by atoms with Crippen LogP contribution < -0.4 is 0 Å². The molecule has 0 aromatic heterocycles. The first-order chi connectivity index (χ1) is 9.02. The predicted molar refractivity (Wildman–Crippen MR) is 78.1 cm³/mol. The van der Waals surface area contributed by atoms with Crippen LogP contribution in [0.4, 0.5) is 0 Å². The first kappa shape index (κ1) is 14.5. The lowest BCUT2D eigenvalue weighted by Gasteiger charge is -2.37. The second-order valence-electron chi connectivity index (χ2n) is 4.61. The van der Waals surface area contributed by atoms with Crippen LogP contribution in [0.2, 0.25) is 0 Å². The number of phenolic OH excluding ortho intramolecular Hbond substituents is 1. The Morgan fingerprint density at radius 3 is 2.95 bits per heavy atom. The minimum absolute atomic E-state index is 0.0447. The van der Waals surface area contributed by atoms with Crippen molar-refractivity contribution in [1.29, 1.82) is 0 Å². The monoisotopic (exact) mass is 377 g/mol. The zero-order valence-electron chi connectivity index (χ0n) is 10.5. The van der Waals surface area contributed by atoms with E-state index in [-0.39, 0.29) is 30.4 Å². The standard InChI is InChI=1S/C13H16INO4/c1-8-7-19-10(6-16)5-15(8)13(18)9-2-3-11(14)12(17)4-9/h2-4,8,10,16-17H,5-7H2,1H3. The molecule has 1 aromatic carbocycles. The first-order valence-electron chi connectivity index (χ1n) is 6.05. The van der Waals surface area contributed by atoms with Gasteiger partial charge in [-0.1, -0.05) is 0 Å². The molecule has 0 bridgehead atoms. The molecule has 1 aliphatic heterocycles. The summed E-state index contributed by atoms with van der Waals surface area (Å²) in [5.74, 6) is -0.0491. The van der Waals surface area contributed by atoms with E-state index >= 15 is 0 Å². The number of phenols is 1. The van der Waals surface area contributed by atoms with Gasteiger partial charge in [-0.25, -0.2) is 0 Å². The number of aliphatic hydroxyl groups excluding tert-OH is 1. The van der Waals surface area contributed by atoms with Crippen LogP contribution in [0.15, 0.2) is 18.2 Å². The quantitative estimate of drug-likeness (QED) is 0.761. The maximum absolute atomic E-state index is 12.4. The van der Waals surface area contributed by atoms with Crippen LogP contribution in [0.25, 0.3) is 0 Å². The number of carbonyl (C=O) groups excluding carboxylic acids is 1. The van der Waals surface area contributed by atoms with Crippen LogP contribution in [0.3, 0.4) is 0 Å². The van der Waals surface area contributed by atoms with Gasteiger partial charge >= 0.3 is 0 Å². The van der Waals surface area contributed by atoms with E-state index in [1.54, 1.807) is 17.0 Å². The third-order valence-corrected chi connectivity index (χ3v) is 4.08. The van der Waals surface area contributed by atoms with Crippen LogP contribution in [0.5, 0.6) is 5.75 Å². The number of hydrogen-bond acceptors (Lipinski definition) is 4. The number of amides is 1. The smallest absolute Gasteiger partial charge is 0.254 e. The third-order valence-electron chi connectivity index (χ3n) is 3.16. The van der Waals surface area contributed by atoms with Gasteiger partial charge in [0, 0.05) is 12.1 Å². The van der Waals surface area contributed by atoms with Crippen molar-refractivity contribution in [1.82, 2.24) is 4.90 Å². The number of rotatable bonds is 2. The predicted octanol–water partition coefficient (Wildman–Crippen LogP) is 1.22. The molecule has 2 rings (SSSR count). The number of morpholine rings is 1. The highest BCUT2D eigenvalue weighted by Gasteiger charge is 2.30. The summed E-state index contributed by atoms with van der Waals surface area (Å²) in [4.78, 5) is 14.1. The molecule has 104 valence electrons. The fraction of sp³-hybridized carbons (Fsp3) is 0.462. The van der Waals surface area contributed by atoms with E-state index in [9.17, 15) is 9.90 Å². The molecule has 2 unspecified atom stereocenters. The Hall–Kier alpha value is -0.860. The minimum Gasteiger partial charge on any atom is -0.507 e. The maximum atomic E-state index is 12.4. The van der Waals surface area contributed by atoms with Gasteiger partial charge in [0.2, 0.25) is 0 Å². The maximum Gasteiger partial charge on any atom is 0.254 e. The molecule has 1 fully saturated rings. The molecule has 1 amide bonds. The lowest BCUT2D eigenvalue weighted by atomic mass is 10.1. The number of aromatic hydroxyl groups is 1. The SMILES string of the molecule is CC1COC(CO)CN1C(=O)c1ccc(I)c(O)c1. The van der Waals surface area contributed by atoms with Crippen molar-refractivity contribution < 1.29 is 19.7 Å². The van der Waals surface area contributed by atoms with Gasteiger partial charge in [-0.05, 0) is 47.7 Å². The van der Waals surface area contributed by atoms with Gasteiger partial charge in [-0.2, -0.15) is 0 Å². The summed E-state index contributed by atoms with van der Waals surface area (Å²) in [6, 6.07) is 4.83. The van der Waals surface area contributed by atoms with Gasteiger partial charge in [0.1, 0.15) is 5.75 Å². The van der Waals surface area contributed by atoms with E-state index in [4.69, 9.17) is 9.84 Å². The second kappa shape index (κ2) is 6.06. The Bertz CT molecular complexity index is 480. The van der Waals surface area contributed by atoms with Crippen molar-refractivity contribution in [2.45, 2.75) is 19.1 Å². The number of benzene rings is 1. The lowest BCUT2D eigenvalue weighted by Crippen LogP contribution is -2.52. The van der Waals surface area contributed by atoms with Gasteiger partial charge < -0.3 is 19.8 Å². The van der Waals surface area contributed by atoms with E-state index in [2.05, 4.69) is 0 Å². The Kier molecular flexibility index (Phi) is 4.64. The summed E-state index contributed by atoms with van der Waals surface area (Å²) in [5.41, 5.74) is 0.448. The number of halogens is 1. The van der Waals surface area contributed by atoms with Gasteiger partial charge in [0.05, 0.1) is 28.9 Å². The van der Waals surface area contributed by atoms with Crippen LogP contribution in [0.1, 0.15) is 17.3 Å². The van der Waals surface area contributed by atoms with Gasteiger partial charge in [0.25, 0.3) is 5.91 Å². The third kappa shape index (κ3) is 3.18. The molecular formula is C13H16INO4. The summed E-state index contributed by atoms with van der Waals surface area (Å²) in [5, 5.41) is 18.8. The summed E-state index contributed by atoms with van der Waals surface area (Å²) < 4.78 is 6.11. The average Bonchev–Trinajstić information content (AvgIpc) is 2.41. The lowest BCUT2D eigenvalue weighted by molar-refractivity contribution is -0.0667. The Balaban J connectivity index is 2.19. The number of carbonyl (C=O) groups is 1. The Morgan fingerprint density at radius 2 is 2.32 bits per heavy atom. The van der Waals surface area contributed by atoms with Crippen LogP contribution >= 0.6 is 22.6 Å². The molecule has 0 saturated carbocycles. The highest BCUT2D eigenvalue weighted by atomic mass is 127. The fourth-order valence-corrected chi connectivity index (χ4v) is 2.36. The number of aliphatic hydroxyl groups is 1. The van der Waals surface area contributed by atoms with E-state index in [0.29, 0.717) is 22.3 Å². The van der Waals surface area contributed by atoms with Crippen molar-refractivity contribution >= 4 is 28.5 Å². The second-order valence-corrected chi connectivity index (χ2v) is 5.77. The molecule has 19 heavy (non-hydrogen) atoms. The van der Waals surface area contributed by atoms with Gasteiger partial charge in [0.15, 0.2) is 0 Å². The van der Waals surface area contributed by atoms with Crippen molar-refractivity contribution in [3.8, 4) is 5.75 Å².